The Balaban J connectivity index is 1.47. The normalized spacial score (nSPS) is 23.6. The van der Waals surface area contributed by atoms with Crippen molar-refractivity contribution in [3.8, 4) is 10.6 Å². The number of sulfonamides is 1. The fourth-order valence-electron chi connectivity index (χ4n) is 5.17. The van der Waals surface area contributed by atoms with Gasteiger partial charge in [0.2, 0.25) is 16.0 Å². The second-order valence-electron chi connectivity index (χ2n) is 9.14. The molecule has 0 spiro atoms. The summed E-state index contributed by atoms with van der Waals surface area (Å²) >= 11 is 1.05. The van der Waals surface area contributed by atoms with E-state index in [0.717, 1.165) is 23.8 Å². The maximum absolute atomic E-state index is 13.8. The summed E-state index contributed by atoms with van der Waals surface area (Å²) in [5.74, 6) is -0.280. The lowest BCUT2D eigenvalue weighted by Crippen LogP contribution is -2.42. The second kappa shape index (κ2) is 8.39. The summed E-state index contributed by atoms with van der Waals surface area (Å²) in [5, 5.41) is 13.1. The van der Waals surface area contributed by atoms with Gasteiger partial charge in [-0.2, -0.15) is 13.2 Å². The molecule has 0 aromatic carbocycles. The molecule has 35 heavy (non-hydrogen) atoms. The van der Waals surface area contributed by atoms with Crippen molar-refractivity contribution in [3.05, 3.63) is 28.3 Å². The number of carbonyl (C=O) groups excluding carboxylic acids is 1. The predicted octanol–water partition coefficient (Wildman–Crippen LogP) is 2.50. The van der Waals surface area contributed by atoms with E-state index in [1.165, 1.54) is 10.4 Å². The van der Waals surface area contributed by atoms with E-state index < -0.39 is 27.3 Å². The van der Waals surface area contributed by atoms with Gasteiger partial charge in [0, 0.05) is 36.8 Å². The van der Waals surface area contributed by atoms with E-state index in [1.54, 1.807) is 4.90 Å². The number of piperidine rings is 1. The van der Waals surface area contributed by atoms with Crippen LogP contribution in [0.25, 0.3) is 10.6 Å². The van der Waals surface area contributed by atoms with Crippen molar-refractivity contribution < 1.29 is 31.5 Å². The van der Waals surface area contributed by atoms with Crippen molar-refractivity contribution in [2.75, 3.05) is 37.8 Å². The molecule has 1 atom stereocenters. The molecule has 1 unspecified atom stereocenters. The van der Waals surface area contributed by atoms with Crippen molar-refractivity contribution >= 4 is 33.2 Å². The number of alkyl halides is 3. The number of thiophene rings is 1. The minimum atomic E-state index is -4.71. The van der Waals surface area contributed by atoms with Gasteiger partial charge in [-0.15, -0.1) is 11.3 Å². The number of hydrogen-bond donors (Lipinski definition) is 2. The first-order chi connectivity index (χ1) is 16.4. The van der Waals surface area contributed by atoms with Crippen LogP contribution in [0.3, 0.4) is 0 Å². The molecule has 2 aromatic rings. The molecule has 1 amide bonds. The summed E-state index contributed by atoms with van der Waals surface area (Å²) in [6.45, 7) is 0.803. The summed E-state index contributed by atoms with van der Waals surface area (Å²) in [6, 6.07) is 1.24. The molecule has 3 aliphatic heterocycles. The van der Waals surface area contributed by atoms with E-state index in [4.69, 9.17) is 0 Å². The van der Waals surface area contributed by atoms with E-state index in [-0.39, 0.29) is 35.1 Å². The van der Waals surface area contributed by atoms with E-state index >= 15 is 0 Å². The van der Waals surface area contributed by atoms with Crippen molar-refractivity contribution in [2.45, 2.75) is 43.4 Å². The number of hydrogen-bond acceptors (Lipinski definition) is 8. The van der Waals surface area contributed by atoms with Crippen LogP contribution in [0.5, 0.6) is 0 Å². The molecule has 190 valence electrons. The highest BCUT2D eigenvalue weighted by Gasteiger charge is 2.53. The minimum absolute atomic E-state index is 0.00468. The summed E-state index contributed by atoms with van der Waals surface area (Å²) in [6.07, 6.45) is -0.648. The highest BCUT2D eigenvalue weighted by atomic mass is 32.2. The zero-order chi connectivity index (χ0) is 25.2. The Hall–Kier alpha value is -2.29. The van der Waals surface area contributed by atoms with Crippen LogP contribution in [0.1, 0.15) is 46.5 Å². The van der Waals surface area contributed by atoms with Crippen molar-refractivity contribution in [3.63, 3.8) is 0 Å². The molecular weight excluding hydrogens is 507 g/mol. The lowest BCUT2D eigenvalue weighted by atomic mass is 9.96. The van der Waals surface area contributed by atoms with Crippen LogP contribution in [0, 0.1) is 0 Å². The first-order valence-electron chi connectivity index (χ1n) is 11.2. The Morgan fingerprint density at radius 2 is 2.00 bits per heavy atom. The molecular formula is C21H24F3N5O4S2. The second-order valence-corrected chi connectivity index (χ2v) is 12.2. The number of aliphatic hydroxyl groups excluding tert-OH is 1. The Morgan fingerprint density at radius 3 is 2.63 bits per heavy atom. The Morgan fingerprint density at radius 1 is 1.29 bits per heavy atom. The Labute approximate surface area is 204 Å². The highest BCUT2D eigenvalue weighted by molar-refractivity contribution is 7.88. The fraction of sp³-hybridized carbons (Fsp3) is 0.571. The number of fused-ring (bicyclic) bond motifs is 3. The quantitative estimate of drug-likeness (QED) is 0.609. The SMILES string of the molecule is CS(=O)(=O)N1CCC(Nc2ncc(C(F)(F)F)c(-c3cc4c(s3)C3(CO)CCCN3C4=O)n2)CC1. The van der Waals surface area contributed by atoms with Gasteiger partial charge in [0.25, 0.3) is 5.91 Å². The topological polar surface area (TPSA) is 116 Å². The van der Waals surface area contributed by atoms with Gasteiger partial charge in [-0.05, 0) is 31.7 Å². The highest BCUT2D eigenvalue weighted by Crippen LogP contribution is 2.52. The van der Waals surface area contributed by atoms with Gasteiger partial charge in [-0.1, -0.05) is 0 Å². The van der Waals surface area contributed by atoms with Gasteiger partial charge in [-0.25, -0.2) is 22.7 Å². The molecule has 2 saturated heterocycles. The van der Waals surface area contributed by atoms with Gasteiger partial charge in [0.05, 0.1) is 29.0 Å². The maximum Gasteiger partial charge on any atom is 0.420 e. The molecule has 5 rings (SSSR count). The van der Waals surface area contributed by atoms with Crippen LogP contribution in [0.4, 0.5) is 19.1 Å². The first kappa shape index (κ1) is 24.4. The lowest BCUT2D eigenvalue weighted by molar-refractivity contribution is -0.137. The van der Waals surface area contributed by atoms with E-state index in [1.807, 2.05) is 0 Å². The third kappa shape index (κ3) is 4.09. The number of rotatable bonds is 5. The van der Waals surface area contributed by atoms with E-state index in [2.05, 4.69) is 15.3 Å². The predicted molar refractivity (Wildman–Crippen MR) is 122 cm³/mol. The molecule has 9 nitrogen and oxygen atoms in total. The number of aromatic nitrogens is 2. The van der Waals surface area contributed by atoms with Crippen molar-refractivity contribution in [1.29, 1.82) is 0 Å². The number of anilines is 1. The van der Waals surface area contributed by atoms with Crippen LogP contribution in [-0.2, 0) is 21.7 Å². The molecule has 0 saturated carbocycles. The molecule has 2 N–H and O–H groups in total. The lowest BCUT2D eigenvalue weighted by Gasteiger charge is -2.30. The van der Waals surface area contributed by atoms with Gasteiger partial charge < -0.3 is 15.3 Å². The minimum Gasteiger partial charge on any atom is -0.394 e. The molecule has 3 aliphatic rings. The summed E-state index contributed by atoms with van der Waals surface area (Å²) in [5.41, 5.74) is -1.90. The third-order valence-electron chi connectivity index (χ3n) is 6.96. The first-order valence-corrected chi connectivity index (χ1v) is 13.8. The zero-order valence-electron chi connectivity index (χ0n) is 18.8. The fourth-order valence-corrected chi connectivity index (χ4v) is 7.41. The number of nitrogens with zero attached hydrogens (tertiary/aromatic N) is 4. The molecule has 0 bridgehead atoms. The number of amides is 1. The van der Waals surface area contributed by atoms with Gasteiger partial charge in [0.15, 0.2) is 0 Å². The van der Waals surface area contributed by atoms with E-state index in [9.17, 15) is 31.5 Å². The molecule has 0 aliphatic carbocycles. The molecule has 2 fully saturated rings. The van der Waals surface area contributed by atoms with Crippen LogP contribution in [0.2, 0.25) is 0 Å². The monoisotopic (exact) mass is 531 g/mol. The summed E-state index contributed by atoms with van der Waals surface area (Å²) < 4.78 is 66.3. The molecule has 5 heterocycles. The standard InChI is InChI=1S/C21H24F3N5O4S2/c1-35(32,33)28-7-3-12(4-8-28)26-19-25-10-14(21(22,23)24)16(27-19)15-9-13-17(34-15)20(11-30)5-2-6-29(20)18(13)31/h9-10,12,30H,2-8,11H2,1H3,(H,25,26,27). The van der Waals surface area contributed by atoms with Gasteiger partial charge in [-0.3, -0.25) is 4.79 Å². The molecule has 0 radical (unpaired) electrons. The maximum atomic E-state index is 13.8. The number of aliphatic hydroxyl groups is 1. The summed E-state index contributed by atoms with van der Waals surface area (Å²) in [7, 11) is -3.30. The Kier molecular flexibility index (Phi) is 5.85. The number of halogens is 3. The number of carbonyl (C=O) groups is 1. The average molecular weight is 532 g/mol. The average Bonchev–Trinajstić information content (AvgIpc) is 3.47. The van der Waals surface area contributed by atoms with Crippen LogP contribution < -0.4 is 5.32 Å². The largest absolute Gasteiger partial charge is 0.420 e. The smallest absolute Gasteiger partial charge is 0.394 e. The van der Waals surface area contributed by atoms with E-state index in [0.29, 0.717) is 55.8 Å². The van der Waals surface area contributed by atoms with Crippen molar-refractivity contribution in [2.24, 2.45) is 0 Å². The third-order valence-corrected chi connectivity index (χ3v) is 9.60. The molecule has 2 aromatic heterocycles. The van der Waals surface area contributed by atoms with Crippen LogP contribution >= 0.6 is 11.3 Å². The van der Waals surface area contributed by atoms with Crippen molar-refractivity contribution in [1.82, 2.24) is 19.2 Å². The molecule has 14 heteroatoms. The van der Waals surface area contributed by atoms with Gasteiger partial charge >= 0.3 is 6.18 Å². The van der Waals surface area contributed by atoms with Gasteiger partial charge in [0.1, 0.15) is 11.1 Å². The Bertz CT molecular complexity index is 1270. The number of nitrogens with one attached hydrogen (secondary N) is 1. The van der Waals surface area contributed by atoms with Crippen LogP contribution in [0.15, 0.2) is 12.3 Å². The summed E-state index contributed by atoms with van der Waals surface area (Å²) in [4.78, 5) is 23.3. The zero-order valence-corrected chi connectivity index (χ0v) is 20.4. The van der Waals surface area contributed by atoms with Crippen LogP contribution in [-0.4, -0.2) is 77.1 Å².